The van der Waals surface area contributed by atoms with Gasteiger partial charge < -0.3 is 15.1 Å². The predicted molar refractivity (Wildman–Crippen MR) is 108 cm³/mol. The molecule has 8 nitrogen and oxygen atoms in total. The lowest BCUT2D eigenvalue weighted by Gasteiger charge is -2.34. The topological polar surface area (TPSA) is 87.1 Å². The van der Waals surface area contributed by atoms with Crippen LogP contribution in [0.3, 0.4) is 0 Å². The molecule has 1 fully saturated rings. The normalized spacial score (nSPS) is 14.0. The molecule has 1 N–H and O–H groups in total. The molecule has 0 bridgehead atoms. The first kappa shape index (κ1) is 17.8. The van der Waals surface area contributed by atoms with E-state index >= 15 is 0 Å². The van der Waals surface area contributed by atoms with Crippen molar-refractivity contribution in [1.29, 1.82) is 0 Å². The minimum absolute atomic E-state index is 0.245. The number of nitrogens with zero attached hydrogens (tertiary/aromatic N) is 6. The number of aryl methyl sites for hydroxylation is 1. The molecule has 3 heterocycles. The van der Waals surface area contributed by atoms with Gasteiger partial charge in [0.15, 0.2) is 0 Å². The molecule has 0 radical (unpaired) electrons. The number of piperazine rings is 1. The van der Waals surface area contributed by atoms with Crippen LogP contribution < -0.4 is 15.1 Å². The maximum Gasteiger partial charge on any atom is 0.274 e. The molecule has 4 rings (SSSR count). The van der Waals surface area contributed by atoms with Crippen LogP contribution in [0.2, 0.25) is 0 Å². The Hall–Kier alpha value is -3.55. The highest BCUT2D eigenvalue weighted by molar-refractivity contribution is 6.03. The summed E-state index contributed by atoms with van der Waals surface area (Å²) in [6.45, 7) is 5.00. The molecule has 0 unspecified atom stereocenters. The van der Waals surface area contributed by atoms with Crippen LogP contribution >= 0.6 is 0 Å². The maximum atomic E-state index is 12.6. The van der Waals surface area contributed by atoms with E-state index < -0.39 is 0 Å². The number of carbonyl (C=O) groups excluding carboxylic acids is 1. The molecular weight excluding hydrogens is 354 g/mol. The lowest BCUT2D eigenvalue weighted by molar-refractivity contribution is 0.102. The van der Waals surface area contributed by atoms with E-state index in [1.54, 1.807) is 30.7 Å². The summed E-state index contributed by atoms with van der Waals surface area (Å²) in [6.07, 6.45) is 5.11. The number of amides is 1. The lowest BCUT2D eigenvalue weighted by Crippen LogP contribution is -2.47. The molecular formula is C20H21N7O. The van der Waals surface area contributed by atoms with Gasteiger partial charge in [0.2, 0.25) is 11.9 Å². The van der Waals surface area contributed by atoms with E-state index in [0.29, 0.717) is 11.6 Å². The fraction of sp³-hybridized carbons (Fsp3) is 0.250. The number of hydrogen-bond donors (Lipinski definition) is 1. The van der Waals surface area contributed by atoms with Gasteiger partial charge in [0.1, 0.15) is 5.69 Å². The molecule has 28 heavy (non-hydrogen) atoms. The average Bonchev–Trinajstić information content (AvgIpc) is 2.75. The van der Waals surface area contributed by atoms with Gasteiger partial charge >= 0.3 is 0 Å². The highest BCUT2D eigenvalue weighted by Gasteiger charge is 2.21. The van der Waals surface area contributed by atoms with Crippen molar-refractivity contribution < 1.29 is 4.79 Å². The number of carbonyl (C=O) groups is 1. The summed E-state index contributed by atoms with van der Waals surface area (Å²) in [4.78, 5) is 34.2. The van der Waals surface area contributed by atoms with Gasteiger partial charge in [0.25, 0.3) is 5.91 Å². The summed E-state index contributed by atoms with van der Waals surface area (Å²) < 4.78 is 0. The standard InChI is InChI=1S/C20H21N7O/c1-15-4-2-5-16(14-15)24-18(28)17-6-9-23-20(25-17)27-12-10-26(11-13-27)19-21-7-3-8-22-19/h2-9,14H,10-13H2,1H3,(H,24,28). The van der Waals surface area contributed by atoms with Gasteiger partial charge in [-0.3, -0.25) is 4.79 Å². The summed E-state index contributed by atoms with van der Waals surface area (Å²) in [5.41, 5.74) is 2.18. The van der Waals surface area contributed by atoms with Crippen molar-refractivity contribution in [1.82, 2.24) is 19.9 Å². The Morgan fingerprint density at radius 3 is 2.29 bits per heavy atom. The molecule has 1 aliphatic heterocycles. The Morgan fingerprint density at radius 1 is 0.893 bits per heavy atom. The number of aromatic nitrogens is 4. The molecule has 3 aromatic rings. The maximum absolute atomic E-state index is 12.6. The summed E-state index contributed by atoms with van der Waals surface area (Å²) in [7, 11) is 0. The van der Waals surface area contributed by atoms with Crippen LogP contribution in [-0.4, -0.2) is 52.0 Å². The third kappa shape index (κ3) is 4.06. The zero-order chi connectivity index (χ0) is 19.3. The Bertz CT molecular complexity index is 956. The summed E-state index contributed by atoms with van der Waals surface area (Å²) in [6, 6.07) is 11.1. The lowest BCUT2D eigenvalue weighted by atomic mass is 10.2. The molecule has 0 saturated carbocycles. The third-order valence-electron chi connectivity index (χ3n) is 4.55. The highest BCUT2D eigenvalue weighted by atomic mass is 16.1. The van der Waals surface area contributed by atoms with Crippen molar-refractivity contribution in [2.75, 3.05) is 41.3 Å². The number of hydrogen-bond acceptors (Lipinski definition) is 7. The van der Waals surface area contributed by atoms with Crippen molar-refractivity contribution in [3.63, 3.8) is 0 Å². The van der Waals surface area contributed by atoms with E-state index in [4.69, 9.17) is 0 Å². The van der Waals surface area contributed by atoms with Crippen LogP contribution in [0, 0.1) is 6.92 Å². The SMILES string of the molecule is Cc1cccc(NC(=O)c2ccnc(N3CCN(c4ncccn4)CC3)n2)c1. The molecule has 1 saturated heterocycles. The molecule has 142 valence electrons. The van der Waals surface area contributed by atoms with Crippen molar-refractivity contribution in [2.24, 2.45) is 0 Å². The minimum atomic E-state index is -0.245. The van der Waals surface area contributed by atoms with E-state index in [-0.39, 0.29) is 5.91 Å². The second-order valence-electron chi connectivity index (χ2n) is 6.59. The van der Waals surface area contributed by atoms with Gasteiger partial charge in [0.05, 0.1) is 0 Å². The Labute approximate surface area is 163 Å². The third-order valence-corrected chi connectivity index (χ3v) is 4.55. The number of nitrogens with one attached hydrogen (secondary N) is 1. The molecule has 1 aliphatic rings. The van der Waals surface area contributed by atoms with Crippen LogP contribution in [-0.2, 0) is 0 Å². The second kappa shape index (κ2) is 7.99. The summed E-state index contributed by atoms with van der Waals surface area (Å²) in [5, 5.41) is 2.89. The van der Waals surface area contributed by atoms with Crippen molar-refractivity contribution in [2.45, 2.75) is 6.92 Å². The zero-order valence-electron chi connectivity index (χ0n) is 15.6. The summed E-state index contributed by atoms with van der Waals surface area (Å²) in [5.74, 6) is 1.05. The number of rotatable bonds is 4. The van der Waals surface area contributed by atoms with E-state index in [2.05, 4.69) is 35.1 Å². The minimum Gasteiger partial charge on any atom is -0.337 e. The molecule has 8 heteroatoms. The number of anilines is 3. The largest absolute Gasteiger partial charge is 0.337 e. The van der Waals surface area contributed by atoms with Crippen LogP contribution in [0.25, 0.3) is 0 Å². The van der Waals surface area contributed by atoms with E-state index in [1.807, 2.05) is 31.2 Å². The zero-order valence-corrected chi connectivity index (χ0v) is 15.6. The molecule has 1 aromatic carbocycles. The monoisotopic (exact) mass is 375 g/mol. The molecule has 2 aromatic heterocycles. The van der Waals surface area contributed by atoms with Crippen LogP contribution in [0.1, 0.15) is 16.1 Å². The van der Waals surface area contributed by atoms with Gasteiger partial charge in [0, 0.05) is 50.5 Å². The summed E-state index contributed by atoms with van der Waals surface area (Å²) >= 11 is 0. The predicted octanol–water partition coefficient (Wildman–Crippen LogP) is 2.15. The van der Waals surface area contributed by atoms with Gasteiger partial charge in [-0.1, -0.05) is 12.1 Å². The average molecular weight is 375 g/mol. The fourth-order valence-corrected chi connectivity index (χ4v) is 3.11. The first-order chi connectivity index (χ1) is 13.7. The smallest absolute Gasteiger partial charge is 0.274 e. The van der Waals surface area contributed by atoms with E-state index in [1.165, 1.54) is 0 Å². The van der Waals surface area contributed by atoms with Gasteiger partial charge in [-0.15, -0.1) is 0 Å². The number of benzene rings is 1. The van der Waals surface area contributed by atoms with Crippen molar-refractivity contribution in [3.8, 4) is 0 Å². The molecule has 0 atom stereocenters. The van der Waals surface area contributed by atoms with Crippen molar-refractivity contribution in [3.05, 3.63) is 66.2 Å². The fourth-order valence-electron chi connectivity index (χ4n) is 3.11. The van der Waals surface area contributed by atoms with Gasteiger partial charge in [-0.25, -0.2) is 19.9 Å². The Balaban J connectivity index is 1.42. The highest BCUT2D eigenvalue weighted by Crippen LogP contribution is 2.16. The molecule has 0 aliphatic carbocycles. The Kier molecular flexibility index (Phi) is 5.09. The first-order valence-corrected chi connectivity index (χ1v) is 9.17. The quantitative estimate of drug-likeness (QED) is 0.748. The van der Waals surface area contributed by atoms with E-state index in [9.17, 15) is 4.79 Å². The molecule has 0 spiro atoms. The van der Waals surface area contributed by atoms with Gasteiger partial charge in [-0.2, -0.15) is 0 Å². The van der Waals surface area contributed by atoms with Gasteiger partial charge in [-0.05, 0) is 36.8 Å². The first-order valence-electron chi connectivity index (χ1n) is 9.17. The van der Waals surface area contributed by atoms with Crippen LogP contribution in [0.5, 0.6) is 0 Å². The van der Waals surface area contributed by atoms with Crippen LogP contribution in [0.4, 0.5) is 17.6 Å². The van der Waals surface area contributed by atoms with Crippen molar-refractivity contribution >= 4 is 23.5 Å². The van der Waals surface area contributed by atoms with Crippen LogP contribution in [0.15, 0.2) is 55.0 Å². The molecule has 1 amide bonds. The second-order valence-corrected chi connectivity index (χ2v) is 6.59. The van der Waals surface area contributed by atoms with E-state index in [0.717, 1.165) is 43.4 Å². The Morgan fingerprint density at radius 2 is 1.57 bits per heavy atom.